The summed E-state index contributed by atoms with van der Waals surface area (Å²) in [6, 6.07) is 11.4. The zero-order chi connectivity index (χ0) is 23.5. The Bertz CT molecular complexity index is 1110. The maximum absolute atomic E-state index is 13.3. The first kappa shape index (κ1) is 23.6. The van der Waals surface area contributed by atoms with E-state index in [4.69, 9.17) is 4.74 Å². The molecular formula is C23H29N3O5S. The highest BCUT2D eigenvalue weighted by Gasteiger charge is 2.28. The molecule has 0 unspecified atom stereocenters. The summed E-state index contributed by atoms with van der Waals surface area (Å²) in [4.78, 5) is 28.5. The molecule has 2 aromatic carbocycles. The molecule has 172 valence electrons. The first-order chi connectivity index (χ1) is 15.2. The normalized spacial score (nSPS) is 14.2. The minimum atomic E-state index is -3.92. The number of anilines is 1. The Kier molecular flexibility index (Phi) is 7.08. The van der Waals surface area contributed by atoms with Crippen molar-refractivity contribution in [2.24, 2.45) is 0 Å². The fourth-order valence-electron chi connectivity index (χ4n) is 3.72. The molecule has 0 bridgehead atoms. The van der Waals surface area contributed by atoms with Crippen molar-refractivity contribution in [3.8, 4) is 5.75 Å². The molecule has 0 saturated carbocycles. The molecule has 2 amide bonds. The minimum Gasteiger partial charge on any atom is -0.495 e. The van der Waals surface area contributed by atoms with Crippen LogP contribution in [0.3, 0.4) is 0 Å². The predicted molar refractivity (Wildman–Crippen MR) is 123 cm³/mol. The lowest BCUT2D eigenvalue weighted by molar-refractivity contribution is -0.132. The molecule has 0 radical (unpaired) electrons. The first-order valence-corrected chi connectivity index (χ1v) is 11.9. The fourth-order valence-corrected chi connectivity index (χ4v) is 4.96. The van der Waals surface area contributed by atoms with Gasteiger partial charge in [0.25, 0.3) is 15.9 Å². The standard InChI is InChI=1S/C23H29N3O5S/c1-5-22(27)25-12-14-26(15-13-25)23(28)19-16-18(11-10-17(19)2)32(29,30)24(3)20-8-6-7-9-21(20)31-4/h6-11,16H,5,12-15H2,1-4H3. The smallest absolute Gasteiger partial charge is 0.264 e. The van der Waals surface area contributed by atoms with Crippen molar-refractivity contribution in [1.29, 1.82) is 0 Å². The third-order valence-electron chi connectivity index (χ3n) is 5.74. The van der Waals surface area contributed by atoms with Crippen LogP contribution in [0, 0.1) is 6.92 Å². The Morgan fingerprint density at radius 2 is 1.66 bits per heavy atom. The van der Waals surface area contributed by atoms with Gasteiger partial charge in [0.1, 0.15) is 5.75 Å². The zero-order valence-electron chi connectivity index (χ0n) is 18.9. The van der Waals surface area contributed by atoms with Crippen molar-refractivity contribution in [1.82, 2.24) is 9.80 Å². The number of piperazine rings is 1. The van der Waals surface area contributed by atoms with Crippen LogP contribution in [-0.4, -0.2) is 70.4 Å². The quantitative estimate of drug-likeness (QED) is 0.663. The van der Waals surface area contributed by atoms with E-state index in [-0.39, 0.29) is 16.7 Å². The molecule has 1 heterocycles. The molecule has 0 spiro atoms. The van der Waals surface area contributed by atoms with E-state index in [1.165, 1.54) is 26.3 Å². The molecule has 0 aromatic heterocycles. The lowest BCUT2D eigenvalue weighted by Crippen LogP contribution is -2.50. The van der Waals surface area contributed by atoms with Gasteiger partial charge in [-0.05, 0) is 36.8 Å². The van der Waals surface area contributed by atoms with Gasteiger partial charge in [-0.2, -0.15) is 0 Å². The second-order valence-electron chi connectivity index (χ2n) is 7.65. The van der Waals surface area contributed by atoms with Gasteiger partial charge in [-0.15, -0.1) is 0 Å². The highest BCUT2D eigenvalue weighted by molar-refractivity contribution is 7.92. The van der Waals surface area contributed by atoms with Crippen LogP contribution in [0.15, 0.2) is 47.4 Å². The maximum atomic E-state index is 13.3. The number of carbonyl (C=O) groups is 2. The van der Waals surface area contributed by atoms with Crippen LogP contribution < -0.4 is 9.04 Å². The summed E-state index contributed by atoms with van der Waals surface area (Å²) >= 11 is 0. The summed E-state index contributed by atoms with van der Waals surface area (Å²) in [5.41, 5.74) is 1.44. The summed E-state index contributed by atoms with van der Waals surface area (Å²) in [5.74, 6) is 0.269. The van der Waals surface area contributed by atoms with E-state index in [1.807, 2.05) is 6.92 Å². The highest BCUT2D eigenvalue weighted by Crippen LogP contribution is 2.31. The van der Waals surface area contributed by atoms with Gasteiger partial charge in [0, 0.05) is 45.2 Å². The van der Waals surface area contributed by atoms with Crippen LogP contribution in [0.2, 0.25) is 0 Å². The first-order valence-electron chi connectivity index (χ1n) is 10.5. The molecule has 0 N–H and O–H groups in total. The molecule has 2 aromatic rings. The van der Waals surface area contributed by atoms with Crippen molar-refractivity contribution in [3.05, 3.63) is 53.6 Å². The van der Waals surface area contributed by atoms with Gasteiger partial charge in [-0.25, -0.2) is 8.42 Å². The van der Waals surface area contributed by atoms with Crippen LogP contribution in [0.25, 0.3) is 0 Å². The van der Waals surface area contributed by atoms with Gasteiger partial charge in [0.15, 0.2) is 0 Å². The number of para-hydroxylation sites is 2. The number of methoxy groups -OCH3 is 1. The molecule has 32 heavy (non-hydrogen) atoms. The van der Waals surface area contributed by atoms with Gasteiger partial charge in [0.2, 0.25) is 5.91 Å². The van der Waals surface area contributed by atoms with E-state index in [0.717, 1.165) is 4.31 Å². The number of nitrogens with zero attached hydrogens (tertiary/aromatic N) is 3. The average Bonchev–Trinajstić information content (AvgIpc) is 2.82. The molecule has 8 nitrogen and oxygen atoms in total. The van der Waals surface area contributed by atoms with Gasteiger partial charge < -0.3 is 14.5 Å². The van der Waals surface area contributed by atoms with Gasteiger partial charge in [-0.1, -0.05) is 25.1 Å². The van der Waals surface area contributed by atoms with Crippen molar-refractivity contribution in [2.45, 2.75) is 25.2 Å². The van der Waals surface area contributed by atoms with Crippen molar-refractivity contribution >= 4 is 27.5 Å². The van der Waals surface area contributed by atoms with Gasteiger partial charge in [0.05, 0.1) is 17.7 Å². The van der Waals surface area contributed by atoms with Crippen molar-refractivity contribution in [3.63, 3.8) is 0 Å². The molecule has 1 saturated heterocycles. The molecule has 0 atom stereocenters. The van der Waals surface area contributed by atoms with Crippen LogP contribution in [-0.2, 0) is 14.8 Å². The number of hydrogen-bond acceptors (Lipinski definition) is 5. The van der Waals surface area contributed by atoms with Gasteiger partial charge in [-0.3, -0.25) is 13.9 Å². The Hall–Kier alpha value is -3.07. The Morgan fingerprint density at radius 1 is 1.03 bits per heavy atom. The number of carbonyl (C=O) groups excluding carboxylic acids is 2. The predicted octanol–water partition coefficient (Wildman–Crippen LogP) is 2.52. The Morgan fingerprint density at radius 3 is 2.28 bits per heavy atom. The number of aryl methyl sites for hydroxylation is 1. The number of sulfonamides is 1. The van der Waals surface area contributed by atoms with Crippen LogP contribution in [0.1, 0.15) is 29.3 Å². The maximum Gasteiger partial charge on any atom is 0.264 e. The highest BCUT2D eigenvalue weighted by atomic mass is 32.2. The largest absolute Gasteiger partial charge is 0.495 e. The third kappa shape index (κ3) is 4.57. The monoisotopic (exact) mass is 459 g/mol. The van der Waals surface area contributed by atoms with E-state index in [2.05, 4.69) is 0 Å². The summed E-state index contributed by atoms with van der Waals surface area (Å²) in [6.45, 7) is 5.39. The van der Waals surface area contributed by atoms with Crippen LogP contribution >= 0.6 is 0 Å². The molecule has 0 aliphatic carbocycles. The van der Waals surface area contributed by atoms with Crippen LogP contribution in [0.5, 0.6) is 5.75 Å². The number of rotatable bonds is 6. The van der Waals surface area contributed by atoms with Gasteiger partial charge >= 0.3 is 0 Å². The Labute approximate surface area is 189 Å². The van der Waals surface area contributed by atoms with E-state index in [1.54, 1.807) is 47.1 Å². The number of benzene rings is 2. The molecule has 9 heteroatoms. The second-order valence-corrected chi connectivity index (χ2v) is 9.62. The number of amides is 2. The SMILES string of the molecule is CCC(=O)N1CCN(C(=O)c2cc(S(=O)(=O)N(C)c3ccccc3OC)ccc2C)CC1. The van der Waals surface area contributed by atoms with E-state index < -0.39 is 10.0 Å². The Balaban J connectivity index is 1.87. The lowest BCUT2D eigenvalue weighted by atomic mass is 10.1. The third-order valence-corrected chi connectivity index (χ3v) is 7.51. The second kappa shape index (κ2) is 9.60. The number of ether oxygens (including phenoxy) is 1. The summed E-state index contributed by atoms with van der Waals surface area (Å²) in [6.07, 6.45) is 0.437. The lowest BCUT2D eigenvalue weighted by Gasteiger charge is -2.35. The van der Waals surface area contributed by atoms with E-state index in [9.17, 15) is 18.0 Å². The summed E-state index contributed by atoms with van der Waals surface area (Å²) in [7, 11) is -0.983. The average molecular weight is 460 g/mol. The minimum absolute atomic E-state index is 0.0275. The van der Waals surface area contributed by atoms with Crippen molar-refractivity contribution < 1.29 is 22.7 Å². The molecule has 1 aliphatic rings. The number of hydrogen-bond donors (Lipinski definition) is 0. The molecule has 1 aliphatic heterocycles. The van der Waals surface area contributed by atoms with Crippen molar-refractivity contribution in [2.75, 3.05) is 44.6 Å². The summed E-state index contributed by atoms with van der Waals surface area (Å²) in [5, 5.41) is 0. The zero-order valence-corrected chi connectivity index (χ0v) is 19.7. The topological polar surface area (TPSA) is 87.2 Å². The molecular weight excluding hydrogens is 430 g/mol. The molecule has 1 fully saturated rings. The van der Waals surface area contributed by atoms with E-state index >= 15 is 0 Å². The fraction of sp³-hybridized carbons (Fsp3) is 0.391. The summed E-state index contributed by atoms with van der Waals surface area (Å²) < 4.78 is 33.1. The molecule has 3 rings (SSSR count). The van der Waals surface area contributed by atoms with Crippen LogP contribution in [0.4, 0.5) is 5.69 Å². The van der Waals surface area contributed by atoms with E-state index in [0.29, 0.717) is 55.2 Å².